The topological polar surface area (TPSA) is 175 Å². The summed E-state index contributed by atoms with van der Waals surface area (Å²) in [5, 5.41) is 31.7. The first-order valence-electron chi connectivity index (χ1n) is 34.9. The minimum Gasteiger partial charge on any atom is -0.479 e. The Labute approximate surface area is 518 Å². The van der Waals surface area contributed by atoms with E-state index in [-0.39, 0.29) is 25.9 Å². The summed E-state index contributed by atoms with van der Waals surface area (Å²) in [4.78, 5) is 51.5. The molecular formula is C73H126O12. The molecule has 12 heteroatoms. The first-order valence-corrected chi connectivity index (χ1v) is 34.9. The molecule has 1 fully saturated rings. The van der Waals surface area contributed by atoms with Crippen LogP contribution in [0.5, 0.6) is 0 Å². The molecule has 0 aliphatic carbocycles. The number of hydrogen-bond donors (Lipinski definition) is 3. The van der Waals surface area contributed by atoms with Crippen molar-refractivity contribution in [2.24, 2.45) is 0 Å². The van der Waals surface area contributed by atoms with Crippen molar-refractivity contribution in [3.8, 4) is 0 Å². The summed E-state index contributed by atoms with van der Waals surface area (Å²) in [6, 6.07) is 0. The van der Waals surface area contributed by atoms with Gasteiger partial charge in [0.05, 0.1) is 6.61 Å². The highest BCUT2D eigenvalue weighted by molar-refractivity contribution is 5.74. The molecule has 1 rings (SSSR count). The van der Waals surface area contributed by atoms with Gasteiger partial charge in [0.15, 0.2) is 24.6 Å². The van der Waals surface area contributed by atoms with E-state index < -0.39 is 67.3 Å². The Balaban J connectivity index is 2.65. The summed E-state index contributed by atoms with van der Waals surface area (Å²) >= 11 is 0. The van der Waals surface area contributed by atoms with E-state index in [4.69, 9.17) is 23.7 Å². The molecule has 85 heavy (non-hydrogen) atoms. The maximum Gasteiger partial charge on any atom is 0.335 e. The van der Waals surface area contributed by atoms with Crippen molar-refractivity contribution in [3.63, 3.8) is 0 Å². The Hall–Kier alpha value is -3.84. The summed E-state index contributed by atoms with van der Waals surface area (Å²) in [6.45, 7) is 5.90. The first-order chi connectivity index (χ1) is 41.6. The Morgan fingerprint density at radius 1 is 0.400 bits per heavy atom. The standard InChI is InChI=1S/C73H126O12/c1-4-7-10-13-16-19-22-25-28-31-33-36-38-41-44-47-50-53-56-59-65(74)81-62-64(83-66(75)60-57-54-51-48-45-42-39-35-30-27-24-21-18-15-12-9-6-3)63-82-73-71(69(78)68(77)70(85-73)72(79)80)84-67(76)61-58-55-52-49-46-43-40-37-34-32-29-26-23-20-17-14-11-8-5-2/h7,10,16,19,25,27-28,30,33,36,41,44,64,68-71,73,77-78H,4-6,8-9,11-15,17-18,20-24,26,29,31-32,34-35,37-40,42-43,45-63H2,1-3H3,(H,79,80)/b10-7-,19-16-,28-25-,30-27-,36-33-,44-41-. The van der Waals surface area contributed by atoms with Gasteiger partial charge < -0.3 is 39.0 Å². The van der Waals surface area contributed by atoms with Crippen LogP contribution >= 0.6 is 0 Å². The highest BCUT2D eigenvalue weighted by Crippen LogP contribution is 2.27. The number of allylic oxidation sites excluding steroid dienone is 12. The highest BCUT2D eigenvalue weighted by atomic mass is 16.7. The van der Waals surface area contributed by atoms with Crippen molar-refractivity contribution in [2.45, 2.75) is 353 Å². The van der Waals surface area contributed by atoms with E-state index in [1.807, 2.05) is 0 Å². The van der Waals surface area contributed by atoms with Gasteiger partial charge in [-0.15, -0.1) is 0 Å². The SMILES string of the molecule is CC/C=C\C/C=C\C/C=C\C/C=C\C/C=C\CCCCCC(=O)OCC(COC1OC(C(=O)O)C(O)C(O)C1OC(=O)CCCCCCCCCCCCCCCCCCCCC)OC(=O)CCCCCCCCC/C=C\CCCCCCCC. The van der Waals surface area contributed by atoms with Crippen LogP contribution in [0.3, 0.4) is 0 Å². The van der Waals surface area contributed by atoms with Gasteiger partial charge in [-0.05, 0) is 89.9 Å². The summed E-state index contributed by atoms with van der Waals surface area (Å²) in [7, 11) is 0. The summed E-state index contributed by atoms with van der Waals surface area (Å²) in [6.07, 6.45) is 65.7. The van der Waals surface area contributed by atoms with E-state index >= 15 is 0 Å². The van der Waals surface area contributed by atoms with Gasteiger partial charge >= 0.3 is 23.9 Å². The molecular weight excluding hydrogens is 1070 g/mol. The lowest BCUT2D eigenvalue weighted by molar-refractivity contribution is -0.301. The number of aliphatic carboxylic acids is 1. The van der Waals surface area contributed by atoms with Crippen LogP contribution in [-0.2, 0) is 42.9 Å². The van der Waals surface area contributed by atoms with Gasteiger partial charge in [0, 0.05) is 19.3 Å². The Bertz CT molecular complexity index is 1750. The zero-order valence-corrected chi connectivity index (χ0v) is 54.3. The molecule has 0 aromatic carbocycles. The fourth-order valence-electron chi connectivity index (χ4n) is 10.5. The molecule has 0 aromatic heterocycles. The average molecular weight is 1200 g/mol. The molecule has 3 N–H and O–H groups in total. The molecule has 0 saturated carbocycles. The van der Waals surface area contributed by atoms with E-state index in [1.165, 1.54) is 148 Å². The Morgan fingerprint density at radius 2 is 0.741 bits per heavy atom. The zero-order valence-electron chi connectivity index (χ0n) is 54.3. The molecule has 12 nitrogen and oxygen atoms in total. The number of carbonyl (C=O) groups excluding carboxylic acids is 3. The molecule has 0 aromatic rings. The van der Waals surface area contributed by atoms with Crippen LogP contribution < -0.4 is 0 Å². The fourth-order valence-corrected chi connectivity index (χ4v) is 10.5. The molecule has 0 radical (unpaired) electrons. The van der Waals surface area contributed by atoms with Crippen molar-refractivity contribution in [2.75, 3.05) is 13.2 Å². The number of rotatable bonds is 60. The molecule has 1 aliphatic heterocycles. The fraction of sp³-hybridized carbons (Fsp3) is 0.781. The predicted molar refractivity (Wildman–Crippen MR) is 349 cm³/mol. The molecule has 0 bridgehead atoms. The van der Waals surface area contributed by atoms with Crippen LogP contribution in [0, 0.1) is 0 Å². The summed E-state index contributed by atoms with van der Waals surface area (Å²) < 4.78 is 28.6. The number of carbonyl (C=O) groups is 4. The van der Waals surface area contributed by atoms with E-state index in [0.717, 1.165) is 109 Å². The van der Waals surface area contributed by atoms with Crippen LogP contribution in [-0.4, -0.2) is 89.2 Å². The monoisotopic (exact) mass is 1190 g/mol. The van der Waals surface area contributed by atoms with Gasteiger partial charge in [0.25, 0.3) is 0 Å². The van der Waals surface area contributed by atoms with Crippen LogP contribution in [0.1, 0.15) is 316 Å². The van der Waals surface area contributed by atoms with Crippen molar-refractivity contribution >= 4 is 23.9 Å². The van der Waals surface area contributed by atoms with Gasteiger partial charge in [-0.1, -0.05) is 280 Å². The lowest BCUT2D eigenvalue weighted by Crippen LogP contribution is -2.61. The molecule has 1 heterocycles. The smallest absolute Gasteiger partial charge is 0.335 e. The number of aliphatic hydroxyl groups excluding tert-OH is 2. The number of carboxylic acids is 1. The predicted octanol–water partition coefficient (Wildman–Crippen LogP) is 19.2. The number of ether oxygens (including phenoxy) is 5. The number of esters is 3. The van der Waals surface area contributed by atoms with Gasteiger partial charge in [0.2, 0.25) is 0 Å². The van der Waals surface area contributed by atoms with Gasteiger partial charge in [0.1, 0.15) is 18.8 Å². The first kappa shape index (κ1) is 79.2. The quantitative estimate of drug-likeness (QED) is 0.0228. The largest absolute Gasteiger partial charge is 0.479 e. The minimum atomic E-state index is -1.91. The number of hydrogen-bond acceptors (Lipinski definition) is 11. The normalized spacial score (nSPS) is 17.9. The van der Waals surface area contributed by atoms with E-state index in [9.17, 15) is 34.5 Å². The second kappa shape index (κ2) is 60.4. The van der Waals surface area contributed by atoms with E-state index in [1.54, 1.807) is 0 Å². The van der Waals surface area contributed by atoms with Crippen molar-refractivity contribution < 1.29 is 58.2 Å². The van der Waals surface area contributed by atoms with Crippen LogP contribution in [0.25, 0.3) is 0 Å². The minimum absolute atomic E-state index is 0.0593. The number of unbranched alkanes of at least 4 members (excludes halogenated alkanes) is 34. The van der Waals surface area contributed by atoms with Crippen molar-refractivity contribution in [1.29, 1.82) is 0 Å². The van der Waals surface area contributed by atoms with Crippen LogP contribution in [0.15, 0.2) is 72.9 Å². The maximum absolute atomic E-state index is 13.2. The third-order valence-corrected chi connectivity index (χ3v) is 15.8. The van der Waals surface area contributed by atoms with Crippen LogP contribution in [0.4, 0.5) is 0 Å². The summed E-state index contributed by atoms with van der Waals surface area (Å²) in [5.74, 6) is -3.14. The Morgan fingerprint density at radius 3 is 1.15 bits per heavy atom. The molecule has 0 spiro atoms. The third-order valence-electron chi connectivity index (χ3n) is 15.8. The second-order valence-electron chi connectivity index (χ2n) is 23.8. The van der Waals surface area contributed by atoms with Gasteiger partial charge in [-0.3, -0.25) is 14.4 Å². The van der Waals surface area contributed by atoms with E-state index in [0.29, 0.717) is 19.3 Å². The van der Waals surface area contributed by atoms with Crippen LogP contribution in [0.2, 0.25) is 0 Å². The lowest BCUT2D eigenvalue weighted by Gasteiger charge is -2.40. The second-order valence-corrected chi connectivity index (χ2v) is 23.8. The molecule has 490 valence electrons. The molecule has 1 aliphatic rings. The third kappa shape index (κ3) is 49.8. The Kier molecular flexibility index (Phi) is 56.3. The summed E-state index contributed by atoms with van der Waals surface area (Å²) in [5.41, 5.74) is 0. The molecule has 6 atom stereocenters. The van der Waals surface area contributed by atoms with E-state index in [2.05, 4.69) is 93.7 Å². The maximum atomic E-state index is 13.2. The van der Waals surface area contributed by atoms with Gasteiger partial charge in [-0.2, -0.15) is 0 Å². The van der Waals surface area contributed by atoms with Crippen molar-refractivity contribution in [3.05, 3.63) is 72.9 Å². The van der Waals surface area contributed by atoms with Gasteiger partial charge in [-0.25, -0.2) is 4.79 Å². The highest BCUT2D eigenvalue weighted by Gasteiger charge is 2.50. The lowest BCUT2D eigenvalue weighted by atomic mass is 9.98. The molecule has 1 saturated heterocycles. The molecule has 0 amide bonds. The number of carboxylic acid groups (broad SMARTS) is 1. The molecule has 6 unspecified atom stereocenters. The average Bonchev–Trinajstić information content (AvgIpc) is 3.51. The van der Waals surface area contributed by atoms with Crippen molar-refractivity contribution in [1.82, 2.24) is 0 Å². The number of aliphatic hydroxyl groups is 2. The zero-order chi connectivity index (χ0) is 61.7.